The number of amides is 1. The number of ether oxygens (including phenoxy) is 3. The molecule has 0 spiro atoms. The van der Waals surface area contributed by atoms with Gasteiger partial charge in [-0.25, -0.2) is 5.01 Å². The molecule has 1 amide bonds. The van der Waals surface area contributed by atoms with Gasteiger partial charge in [-0.15, -0.1) is 0 Å². The van der Waals surface area contributed by atoms with Crippen molar-refractivity contribution in [2.24, 2.45) is 11.0 Å². The molecule has 8 nitrogen and oxygen atoms in total. The van der Waals surface area contributed by atoms with Gasteiger partial charge in [-0.05, 0) is 81.6 Å². The summed E-state index contributed by atoms with van der Waals surface area (Å²) in [7, 11) is 3.24. The lowest BCUT2D eigenvalue weighted by atomic mass is 9.95. The number of esters is 1. The summed E-state index contributed by atoms with van der Waals surface area (Å²) < 4.78 is 16.2. The largest absolute Gasteiger partial charge is 0.497 e. The molecule has 2 aromatic carbocycles. The van der Waals surface area contributed by atoms with Crippen LogP contribution in [0.15, 0.2) is 41.5 Å². The van der Waals surface area contributed by atoms with Crippen LogP contribution in [0.1, 0.15) is 54.5 Å². The zero-order chi connectivity index (χ0) is 26.5. The van der Waals surface area contributed by atoms with Crippen molar-refractivity contribution in [1.29, 1.82) is 0 Å². The van der Waals surface area contributed by atoms with Crippen LogP contribution < -0.4 is 9.47 Å². The third kappa shape index (κ3) is 5.96. The van der Waals surface area contributed by atoms with E-state index in [4.69, 9.17) is 19.3 Å². The quantitative estimate of drug-likeness (QED) is 0.497. The smallest absolute Gasteiger partial charge is 0.309 e. The number of carbonyl (C=O) groups excluding carboxylic acids is 2. The summed E-state index contributed by atoms with van der Waals surface area (Å²) in [6.45, 7) is 7.98. The molecule has 1 fully saturated rings. The zero-order valence-corrected chi connectivity index (χ0v) is 22.5. The lowest BCUT2D eigenvalue weighted by Gasteiger charge is -2.32. The van der Waals surface area contributed by atoms with Crippen LogP contribution in [0.4, 0.5) is 0 Å². The Morgan fingerprint density at radius 3 is 2.41 bits per heavy atom. The number of hydrogen-bond donors (Lipinski definition) is 0. The van der Waals surface area contributed by atoms with Crippen molar-refractivity contribution >= 4 is 17.6 Å². The minimum Gasteiger partial charge on any atom is -0.497 e. The van der Waals surface area contributed by atoms with Crippen molar-refractivity contribution in [3.8, 4) is 11.5 Å². The van der Waals surface area contributed by atoms with E-state index in [9.17, 15) is 9.59 Å². The van der Waals surface area contributed by atoms with Crippen molar-refractivity contribution in [3.63, 3.8) is 0 Å². The monoisotopic (exact) mass is 507 g/mol. The molecule has 0 bridgehead atoms. The van der Waals surface area contributed by atoms with E-state index < -0.39 is 0 Å². The summed E-state index contributed by atoms with van der Waals surface area (Å²) in [5, 5.41) is 6.47. The maximum atomic E-state index is 13.7. The summed E-state index contributed by atoms with van der Waals surface area (Å²) in [5.74, 6) is 1.05. The SMILES string of the molecule is CCOC(=O)C1CCN(CC(=O)N2N=C(c3ccc(C)c(C)c3)C[C@@H]2c2ccc(OC)cc2OC)CC1. The Kier molecular flexibility index (Phi) is 8.48. The van der Waals surface area contributed by atoms with E-state index in [1.54, 1.807) is 19.2 Å². The Labute approximate surface area is 219 Å². The number of nitrogens with zero attached hydrogens (tertiary/aromatic N) is 3. The van der Waals surface area contributed by atoms with E-state index in [1.165, 1.54) is 11.1 Å². The second kappa shape index (κ2) is 11.8. The highest BCUT2D eigenvalue weighted by molar-refractivity contribution is 6.03. The molecule has 4 rings (SSSR count). The van der Waals surface area contributed by atoms with E-state index in [2.05, 4.69) is 36.9 Å². The van der Waals surface area contributed by atoms with Gasteiger partial charge in [-0.2, -0.15) is 5.10 Å². The minimum atomic E-state index is -0.290. The fourth-order valence-electron chi connectivity index (χ4n) is 5.02. The van der Waals surface area contributed by atoms with E-state index in [1.807, 2.05) is 25.1 Å². The Hall–Kier alpha value is -3.39. The van der Waals surface area contributed by atoms with Crippen LogP contribution in [-0.4, -0.2) is 68.0 Å². The van der Waals surface area contributed by atoms with E-state index in [-0.39, 0.29) is 30.4 Å². The first kappa shape index (κ1) is 26.7. The maximum Gasteiger partial charge on any atom is 0.309 e. The van der Waals surface area contributed by atoms with Gasteiger partial charge >= 0.3 is 5.97 Å². The predicted molar refractivity (Wildman–Crippen MR) is 142 cm³/mol. The van der Waals surface area contributed by atoms with E-state index in [0.717, 1.165) is 16.8 Å². The zero-order valence-electron chi connectivity index (χ0n) is 22.5. The number of carbonyl (C=O) groups is 2. The fourth-order valence-corrected chi connectivity index (χ4v) is 5.02. The number of likely N-dealkylation sites (tertiary alicyclic amines) is 1. The summed E-state index contributed by atoms with van der Waals surface area (Å²) in [6, 6.07) is 11.7. The second-order valence-electron chi connectivity index (χ2n) is 9.71. The number of benzene rings is 2. The first-order valence-corrected chi connectivity index (χ1v) is 12.9. The van der Waals surface area contributed by atoms with Crippen molar-refractivity contribution < 1.29 is 23.8 Å². The molecule has 8 heteroatoms. The lowest BCUT2D eigenvalue weighted by molar-refractivity contribution is -0.149. The molecule has 0 aliphatic carbocycles. The number of hydrogen-bond acceptors (Lipinski definition) is 7. The number of aryl methyl sites for hydroxylation is 2. The molecule has 2 aliphatic rings. The summed E-state index contributed by atoms with van der Waals surface area (Å²) in [6.07, 6.45) is 1.97. The number of methoxy groups -OCH3 is 2. The Morgan fingerprint density at radius 2 is 1.76 bits per heavy atom. The fraction of sp³-hybridized carbons (Fsp3) is 0.483. The van der Waals surface area contributed by atoms with Crippen molar-refractivity contribution in [3.05, 3.63) is 58.7 Å². The summed E-state index contributed by atoms with van der Waals surface area (Å²) in [5.41, 5.74) is 5.19. The standard InChI is InChI=1S/C29H37N3O5/c1-6-37-29(34)21-11-13-31(14-12-21)18-28(33)32-26(24-10-9-23(35-4)16-27(24)36-5)17-25(30-32)22-8-7-19(2)20(3)15-22/h7-10,15-16,21,26H,6,11-14,17-18H2,1-5H3/t26-/m1/s1. The van der Waals surface area contributed by atoms with Gasteiger partial charge in [0, 0.05) is 18.1 Å². The molecule has 198 valence electrons. The molecule has 1 saturated heterocycles. The average molecular weight is 508 g/mol. The van der Waals surface area contributed by atoms with Gasteiger partial charge in [-0.1, -0.05) is 12.1 Å². The van der Waals surface area contributed by atoms with Crippen LogP contribution in [0, 0.1) is 19.8 Å². The predicted octanol–water partition coefficient (Wildman–Crippen LogP) is 4.27. The van der Waals surface area contributed by atoms with Gasteiger partial charge in [0.1, 0.15) is 11.5 Å². The molecule has 2 aliphatic heterocycles. The Morgan fingerprint density at radius 1 is 1.00 bits per heavy atom. The van der Waals surface area contributed by atoms with Crippen molar-refractivity contribution in [2.75, 3.05) is 40.5 Å². The van der Waals surface area contributed by atoms with Crippen LogP contribution in [0.3, 0.4) is 0 Å². The number of hydrazone groups is 1. The normalized spacial score (nSPS) is 18.5. The van der Waals surface area contributed by atoms with E-state index in [0.29, 0.717) is 50.5 Å². The minimum absolute atomic E-state index is 0.0729. The van der Waals surface area contributed by atoms with E-state index >= 15 is 0 Å². The molecular formula is C29H37N3O5. The summed E-state index contributed by atoms with van der Waals surface area (Å²) in [4.78, 5) is 27.9. The van der Waals surface area contributed by atoms with Crippen LogP contribution in [0.2, 0.25) is 0 Å². The molecule has 2 heterocycles. The van der Waals surface area contributed by atoms with Gasteiger partial charge in [0.25, 0.3) is 5.91 Å². The second-order valence-corrected chi connectivity index (χ2v) is 9.71. The number of piperidine rings is 1. The third-order valence-electron chi connectivity index (χ3n) is 7.37. The topological polar surface area (TPSA) is 80.7 Å². The highest BCUT2D eigenvalue weighted by Gasteiger charge is 2.36. The molecule has 0 aromatic heterocycles. The summed E-state index contributed by atoms with van der Waals surface area (Å²) >= 11 is 0. The molecule has 0 N–H and O–H groups in total. The number of rotatable bonds is 8. The molecule has 37 heavy (non-hydrogen) atoms. The first-order valence-electron chi connectivity index (χ1n) is 12.9. The van der Waals surface area contributed by atoms with Crippen molar-refractivity contribution in [1.82, 2.24) is 9.91 Å². The highest BCUT2D eigenvalue weighted by Crippen LogP contribution is 2.39. The van der Waals surface area contributed by atoms with Gasteiger partial charge < -0.3 is 14.2 Å². The van der Waals surface area contributed by atoms with Gasteiger partial charge in [0.2, 0.25) is 0 Å². The molecule has 1 atom stereocenters. The van der Waals surface area contributed by atoms with Crippen LogP contribution in [0.25, 0.3) is 0 Å². The Bertz CT molecular complexity index is 1170. The van der Waals surface area contributed by atoms with Gasteiger partial charge in [-0.3, -0.25) is 14.5 Å². The van der Waals surface area contributed by atoms with Crippen molar-refractivity contribution in [2.45, 2.75) is 46.1 Å². The highest BCUT2D eigenvalue weighted by atomic mass is 16.5. The molecule has 2 aromatic rings. The van der Waals surface area contributed by atoms with Gasteiger partial charge in [0.15, 0.2) is 0 Å². The van der Waals surface area contributed by atoms with Gasteiger partial charge in [0.05, 0.1) is 45.0 Å². The molecule has 0 unspecified atom stereocenters. The molecule has 0 radical (unpaired) electrons. The average Bonchev–Trinajstić information content (AvgIpc) is 3.36. The Balaban J connectivity index is 1.57. The van der Waals surface area contributed by atoms with Crippen LogP contribution >= 0.6 is 0 Å². The van der Waals surface area contributed by atoms with Crippen LogP contribution in [0.5, 0.6) is 11.5 Å². The molecular weight excluding hydrogens is 470 g/mol. The molecule has 0 saturated carbocycles. The first-order chi connectivity index (χ1) is 17.8. The maximum absolute atomic E-state index is 13.7. The third-order valence-corrected chi connectivity index (χ3v) is 7.37. The van der Waals surface area contributed by atoms with Crippen LogP contribution in [-0.2, 0) is 14.3 Å². The lowest BCUT2D eigenvalue weighted by Crippen LogP contribution is -2.43.